The number of carbonyl (C=O) groups excluding carboxylic acids is 1. The number of aromatic nitrogens is 3. The highest BCUT2D eigenvalue weighted by atomic mass is 16.2. The molecule has 2 rings (SSSR count). The minimum absolute atomic E-state index is 0.256. The Kier molecular flexibility index (Phi) is 4.06. The normalized spacial score (nSPS) is 10.1. The van der Waals surface area contributed by atoms with Crippen LogP contribution in [0.2, 0.25) is 0 Å². The van der Waals surface area contributed by atoms with E-state index >= 15 is 0 Å². The molecule has 104 valence electrons. The molecule has 0 fully saturated rings. The maximum absolute atomic E-state index is 12.1. The van der Waals surface area contributed by atoms with Crippen LogP contribution in [0.1, 0.15) is 23.0 Å². The molecule has 5 N–H and O–H groups in total. The van der Waals surface area contributed by atoms with E-state index in [2.05, 4.69) is 25.9 Å². The van der Waals surface area contributed by atoms with E-state index in [1.54, 1.807) is 6.07 Å². The number of carbonyl (C=O) groups is 1. The number of aromatic amines is 1. The molecule has 0 unspecified atom stereocenters. The monoisotopic (exact) mass is 274 g/mol. The van der Waals surface area contributed by atoms with Crippen LogP contribution >= 0.6 is 0 Å². The van der Waals surface area contributed by atoms with Crippen molar-refractivity contribution in [3.05, 3.63) is 45.9 Å². The Bertz CT molecular complexity index is 639. The van der Waals surface area contributed by atoms with Crippen molar-refractivity contribution >= 4 is 17.5 Å². The standard InChI is InChI=1S/C12H14N6O2/c1-2-8-5-7(6-10(14-8)16-13)12(20)15-9-3-4-11(19)18-17-9/h3-6H,2,13H2,1H3,(H,14,16)(H,18,19)(H,15,17,20). The van der Waals surface area contributed by atoms with Gasteiger partial charge in [0.05, 0.1) is 0 Å². The highest BCUT2D eigenvalue weighted by Gasteiger charge is 2.10. The van der Waals surface area contributed by atoms with Gasteiger partial charge in [0.15, 0.2) is 5.82 Å². The van der Waals surface area contributed by atoms with Gasteiger partial charge in [0, 0.05) is 17.3 Å². The van der Waals surface area contributed by atoms with Gasteiger partial charge in [-0.05, 0) is 24.6 Å². The van der Waals surface area contributed by atoms with Gasteiger partial charge in [-0.15, -0.1) is 0 Å². The van der Waals surface area contributed by atoms with Gasteiger partial charge in [0.25, 0.3) is 11.5 Å². The minimum atomic E-state index is -0.363. The molecular formula is C12H14N6O2. The van der Waals surface area contributed by atoms with Crippen molar-refractivity contribution in [2.75, 3.05) is 10.7 Å². The fourth-order valence-corrected chi connectivity index (χ4v) is 1.58. The Morgan fingerprint density at radius 2 is 2.15 bits per heavy atom. The van der Waals surface area contributed by atoms with Crippen LogP contribution in [0.25, 0.3) is 0 Å². The summed E-state index contributed by atoms with van der Waals surface area (Å²) in [6.07, 6.45) is 0.673. The third-order valence-electron chi connectivity index (χ3n) is 2.57. The van der Waals surface area contributed by atoms with Crippen molar-refractivity contribution in [1.29, 1.82) is 0 Å². The van der Waals surface area contributed by atoms with Crippen LogP contribution in [0.3, 0.4) is 0 Å². The number of aryl methyl sites for hydroxylation is 1. The molecule has 8 heteroatoms. The van der Waals surface area contributed by atoms with Crippen LogP contribution in [-0.4, -0.2) is 21.1 Å². The largest absolute Gasteiger partial charge is 0.308 e. The predicted molar refractivity (Wildman–Crippen MR) is 74.2 cm³/mol. The molecule has 0 aliphatic carbocycles. The molecule has 2 heterocycles. The summed E-state index contributed by atoms with van der Waals surface area (Å²) in [5, 5.41) is 8.51. The topological polar surface area (TPSA) is 126 Å². The third-order valence-corrected chi connectivity index (χ3v) is 2.57. The Balaban J connectivity index is 2.24. The number of hydrazine groups is 1. The molecule has 20 heavy (non-hydrogen) atoms. The van der Waals surface area contributed by atoms with E-state index in [1.165, 1.54) is 18.2 Å². The molecule has 0 spiro atoms. The fraction of sp³-hybridized carbons (Fsp3) is 0.167. The van der Waals surface area contributed by atoms with Crippen LogP contribution in [0.4, 0.5) is 11.6 Å². The number of nitrogens with two attached hydrogens (primary N) is 1. The lowest BCUT2D eigenvalue weighted by Gasteiger charge is -2.07. The van der Waals surface area contributed by atoms with Crippen LogP contribution < -0.4 is 22.1 Å². The summed E-state index contributed by atoms with van der Waals surface area (Å²) in [4.78, 5) is 27.2. The number of anilines is 2. The van der Waals surface area contributed by atoms with Gasteiger partial charge in [-0.3, -0.25) is 9.59 Å². The van der Waals surface area contributed by atoms with Gasteiger partial charge in [-0.1, -0.05) is 6.92 Å². The van der Waals surface area contributed by atoms with E-state index in [1.807, 2.05) is 6.92 Å². The van der Waals surface area contributed by atoms with Crippen molar-refractivity contribution in [3.8, 4) is 0 Å². The quantitative estimate of drug-likeness (QED) is 0.468. The van der Waals surface area contributed by atoms with E-state index in [-0.39, 0.29) is 17.3 Å². The first kappa shape index (κ1) is 13.7. The van der Waals surface area contributed by atoms with Crippen LogP contribution in [0.15, 0.2) is 29.1 Å². The van der Waals surface area contributed by atoms with E-state index < -0.39 is 0 Å². The van der Waals surface area contributed by atoms with Crippen molar-refractivity contribution in [2.24, 2.45) is 5.84 Å². The average molecular weight is 274 g/mol. The molecule has 0 aliphatic heterocycles. The minimum Gasteiger partial charge on any atom is -0.308 e. The molecule has 2 aromatic heterocycles. The third kappa shape index (κ3) is 3.18. The number of pyridine rings is 1. The molecule has 8 nitrogen and oxygen atoms in total. The van der Waals surface area contributed by atoms with Gasteiger partial charge >= 0.3 is 0 Å². The first-order chi connectivity index (χ1) is 9.62. The van der Waals surface area contributed by atoms with Gasteiger partial charge in [0.2, 0.25) is 0 Å². The number of rotatable bonds is 4. The van der Waals surface area contributed by atoms with Gasteiger partial charge in [-0.2, -0.15) is 5.10 Å². The molecule has 0 saturated heterocycles. The number of H-pyrrole nitrogens is 1. The summed E-state index contributed by atoms with van der Waals surface area (Å²) in [7, 11) is 0. The van der Waals surface area contributed by atoms with Crippen molar-refractivity contribution in [3.63, 3.8) is 0 Å². The first-order valence-corrected chi connectivity index (χ1v) is 5.97. The molecule has 0 aliphatic rings. The molecule has 1 amide bonds. The van der Waals surface area contributed by atoms with E-state index in [9.17, 15) is 9.59 Å². The number of nitrogen functional groups attached to an aromatic ring is 1. The lowest BCUT2D eigenvalue weighted by Crippen LogP contribution is -2.17. The van der Waals surface area contributed by atoms with Gasteiger partial charge < -0.3 is 10.7 Å². The summed E-state index contributed by atoms with van der Waals surface area (Å²) in [5.74, 6) is 5.62. The second-order valence-electron chi connectivity index (χ2n) is 3.99. The first-order valence-electron chi connectivity index (χ1n) is 5.97. The van der Waals surface area contributed by atoms with E-state index in [0.717, 1.165) is 5.69 Å². The Hall–Kier alpha value is -2.74. The lowest BCUT2D eigenvalue weighted by atomic mass is 10.2. The van der Waals surface area contributed by atoms with Crippen LogP contribution in [0.5, 0.6) is 0 Å². The van der Waals surface area contributed by atoms with Crippen molar-refractivity contribution in [1.82, 2.24) is 15.2 Å². The Morgan fingerprint density at radius 1 is 1.35 bits per heavy atom. The number of amides is 1. The van der Waals surface area contributed by atoms with Crippen molar-refractivity contribution < 1.29 is 4.79 Å². The lowest BCUT2D eigenvalue weighted by molar-refractivity contribution is 0.102. The van der Waals surface area contributed by atoms with Crippen molar-refractivity contribution in [2.45, 2.75) is 13.3 Å². The predicted octanol–water partition coefficient (Wildman–Crippen LogP) is 0.265. The highest BCUT2D eigenvalue weighted by Crippen LogP contribution is 2.12. The number of nitrogens with zero attached hydrogens (tertiary/aromatic N) is 2. The Morgan fingerprint density at radius 3 is 2.75 bits per heavy atom. The van der Waals surface area contributed by atoms with Gasteiger partial charge in [0.1, 0.15) is 5.82 Å². The molecule has 0 saturated carbocycles. The summed E-state index contributed by atoms with van der Waals surface area (Å²) in [6.45, 7) is 1.92. The molecular weight excluding hydrogens is 260 g/mol. The second kappa shape index (κ2) is 5.93. The zero-order valence-corrected chi connectivity index (χ0v) is 10.8. The summed E-state index contributed by atoms with van der Waals surface area (Å²) < 4.78 is 0. The highest BCUT2D eigenvalue weighted by molar-refractivity contribution is 6.04. The molecule has 0 radical (unpaired) electrons. The zero-order valence-electron chi connectivity index (χ0n) is 10.8. The molecule has 0 aromatic carbocycles. The van der Waals surface area contributed by atoms with E-state index in [4.69, 9.17) is 5.84 Å². The summed E-state index contributed by atoms with van der Waals surface area (Å²) in [5.41, 5.74) is 3.21. The molecule has 2 aromatic rings. The maximum atomic E-state index is 12.1. The van der Waals surface area contributed by atoms with Crippen LogP contribution in [0, 0.1) is 0 Å². The summed E-state index contributed by atoms with van der Waals surface area (Å²) in [6, 6.07) is 5.89. The fourth-order valence-electron chi connectivity index (χ4n) is 1.58. The number of hydrogen-bond donors (Lipinski definition) is 4. The zero-order chi connectivity index (χ0) is 14.5. The SMILES string of the molecule is CCc1cc(C(=O)Nc2ccc(=O)[nH]n2)cc(NN)n1. The van der Waals surface area contributed by atoms with Crippen LogP contribution in [-0.2, 0) is 6.42 Å². The molecule has 0 bridgehead atoms. The molecule has 0 atom stereocenters. The number of nitrogens with one attached hydrogen (secondary N) is 3. The average Bonchev–Trinajstić information content (AvgIpc) is 2.48. The van der Waals surface area contributed by atoms with E-state index in [0.29, 0.717) is 17.8 Å². The Labute approximate surface area is 114 Å². The number of hydrogen-bond acceptors (Lipinski definition) is 6. The summed E-state index contributed by atoms with van der Waals surface area (Å²) >= 11 is 0. The maximum Gasteiger partial charge on any atom is 0.264 e. The van der Waals surface area contributed by atoms with Gasteiger partial charge in [-0.25, -0.2) is 15.9 Å². The second-order valence-corrected chi connectivity index (χ2v) is 3.99. The smallest absolute Gasteiger partial charge is 0.264 e.